The maximum absolute atomic E-state index is 14.5. The Kier molecular flexibility index (Phi) is 11.1. The quantitative estimate of drug-likeness (QED) is 0.0449. The number of carbonyl (C=O) groups is 1. The highest BCUT2D eigenvalue weighted by atomic mass is 79.9. The van der Waals surface area contributed by atoms with Crippen LogP contribution in [0.4, 0.5) is 11.4 Å². The van der Waals surface area contributed by atoms with E-state index in [1.807, 2.05) is 91.8 Å². The molecule has 5 rings (SSSR count). The highest BCUT2D eigenvalue weighted by Gasteiger charge is 2.53. The first kappa shape index (κ1) is 33.5. The van der Waals surface area contributed by atoms with E-state index in [0.717, 1.165) is 21.3 Å². The molecule has 0 saturated heterocycles. The Balaban J connectivity index is 1.53. The van der Waals surface area contributed by atoms with Crippen LogP contribution in [0.5, 0.6) is 5.75 Å². The predicted molar refractivity (Wildman–Crippen MR) is 186 cm³/mol. The van der Waals surface area contributed by atoms with Crippen molar-refractivity contribution in [3.05, 3.63) is 134 Å². The molecule has 0 aliphatic carbocycles. The van der Waals surface area contributed by atoms with Crippen LogP contribution in [-0.2, 0) is 22.5 Å². The number of rotatable bonds is 14. The highest BCUT2D eigenvalue weighted by molar-refractivity contribution is 9.10. The average Bonchev–Trinajstić information content (AvgIpc) is 3.47. The lowest BCUT2D eigenvalue weighted by Gasteiger charge is -2.31. The van der Waals surface area contributed by atoms with E-state index in [4.69, 9.17) is 19.6 Å². The second-order valence-electron chi connectivity index (χ2n) is 11.2. The van der Waals surface area contributed by atoms with E-state index in [-0.39, 0.29) is 18.9 Å². The van der Waals surface area contributed by atoms with Gasteiger partial charge in [-0.1, -0.05) is 69.6 Å². The number of carbonyl (C=O) groups excluding carboxylic acids is 1. The summed E-state index contributed by atoms with van der Waals surface area (Å²) in [5.41, 5.74) is 18.3. The summed E-state index contributed by atoms with van der Waals surface area (Å²) in [5.74, 6) is 0.515. The van der Waals surface area contributed by atoms with Crippen molar-refractivity contribution in [2.75, 3.05) is 32.2 Å². The molecule has 11 nitrogen and oxygen atoms in total. The molecule has 0 radical (unpaired) electrons. The van der Waals surface area contributed by atoms with Crippen molar-refractivity contribution in [1.82, 2.24) is 10.9 Å². The molecule has 1 aliphatic heterocycles. The van der Waals surface area contributed by atoms with Crippen LogP contribution in [0.3, 0.4) is 0 Å². The lowest BCUT2D eigenvalue weighted by Crippen LogP contribution is -2.53. The molecule has 12 heteroatoms. The Bertz CT molecular complexity index is 1740. The van der Waals surface area contributed by atoms with Gasteiger partial charge in [0.2, 0.25) is 5.90 Å². The van der Waals surface area contributed by atoms with Crippen molar-refractivity contribution in [2.45, 2.75) is 31.0 Å². The average molecular weight is 699 g/mol. The molecule has 0 unspecified atom stereocenters. The van der Waals surface area contributed by atoms with Gasteiger partial charge in [0, 0.05) is 66.4 Å². The largest absolute Gasteiger partial charge is 0.494 e. The first-order valence-electron chi connectivity index (χ1n) is 15.1. The number of ether oxygens (including phenoxy) is 2. The van der Waals surface area contributed by atoms with Crippen LogP contribution >= 0.6 is 15.9 Å². The summed E-state index contributed by atoms with van der Waals surface area (Å²) < 4.78 is 13.2. The second-order valence-corrected chi connectivity index (χ2v) is 12.1. The summed E-state index contributed by atoms with van der Waals surface area (Å²) in [6.07, 6.45) is -0.220. The number of hydrazine groups is 1. The molecule has 0 spiro atoms. The smallest absolute Gasteiger partial charge is 0.266 e. The van der Waals surface area contributed by atoms with Gasteiger partial charge in [0.25, 0.3) is 5.91 Å². The Morgan fingerprint density at radius 1 is 1.06 bits per heavy atom. The number of hydrogen-bond donors (Lipinski definition) is 3. The molecule has 1 aliphatic rings. The van der Waals surface area contributed by atoms with E-state index >= 15 is 0 Å². The zero-order valence-electron chi connectivity index (χ0n) is 26.1. The van der Waals surface area contributed by atoms with Crippen molar-refractivity contribution < 1.29 is 19.4 Å². The standard InChI is InChI=1S/C35H36BrN7O4/c1-43(2)29-16-8-24(9-17-29)23-38-41-34(45)35(22-27-6-3-4-7-31(27)40-42-37)32(25-10-14-28(36)15-11-25)47-33(39-35)26-12-18-30(19-13-26)46-21-5-20-44/h3-4,6-19,32,38,44H,5,20-23H2,1-2H3,(H,41,45)/t32-,35-/m0/s1. The van der Waals surface area contributed by atoms with Gasteiger partial charge in [-0.05, 0) is 70.8 Å². The van der Waals surface area contributed by atoms with Crippen LogP contribution < -0.4 is 20.5 Å². The van der Waals surface area contributed by atoms with Crippen molar-refractivity contribution in [1.29, 1.82) is 0 Å². The number of aliphatic imine (C=N–C) groups is 1. The van der Waals surface area contributed by atoms with Crippen LogP contribution in [0.1, 0.15) is 34.8 Å². The molecule has 4 aromatic carbocycles. The van der Waals surface area contributed by atoms with Gasteiger partial charge in [0.15, 0.2) is 11.6 Å². The lowest BCUT2D eigenvalue weighted by atomic mass is 9.81. The molecule has 4 aromatic rings. The van der Waals surface area contributed by atoms with E-state index in [2.05, 4.69) is 36.8 Å². The van der Waals surface area contributed by atoms with E-state index in [1.165, 1.54) is 0 Å². The topological polar surface area (TPSA) is 144 Å². The Morgan fingerprint density at radius 3 is 2.47 bits per heavy atom. The minimum atomic E-state index is -1.50. The third kappa shape index (κ3) is 8.11. The highest BCUT2D eigenvalue weighted by Crippen LogP contribution is 2.44. The number of aliphatic hydroxyl groups excluding tert-OH is 1. The number of nitrogens with one attached hydrogen (secondary N) is 2. The van der Waals surface area contributed by atoms with Crippen molar-refractivity contribution in [3.63, 3.8) is 0 Å². The van der Waals surface area contributed by atoms with Gasteiger partial charge in [-0.25, -0.2) is 10.4 Å². The molecule has 2 atom stereocenters. The molecule has 3 N–H and O–H groups in total. The summed E-state index contributed by atoms with van der Waals surface area (Å²) in [4.78, 5) is 24.6. The first-order chi connectivity index (χ1) is 22.8. The van der Waals surface area contributed by atoms with Gasteiger partial charge in [0.1, 0.15) is 5.75 Å². The van der Waals surface area contributed by atoms with Crippen molar-refractivity contribution in [2.24, 2.45) is 10.1 Å². The molecule has 1 heterocycles. The zero-order valence-corrected chi connectivity index (χ0v) is 27.7. The summed E-state index contributed by atoms with van der Waals surface area (Å²) in [6.45, 7) is 0.813. The summed E-state index contributed by atoms with van der Waals surface area (Å²) in [5, 5.41) is 13.0. The van der Waals surface area contributed by atoms with Crippen molar-refractivity contribution in [3.8, 4) is 5.75 Å². The molecule has 0 saturated carbocycles. The number of nitrogens with zero attached hydrogens (tertiary/aromatic N) is 5. The number of halogens is 1. The maximum Gasteiger partial charge on any atom is 0.266 e. The van der Waals surface area contributed by atoms with Crippen LogP contribution in [0.2, 0.25) is 0 Å². The van der Waals surface area contributed by atoms with Crippen LogP contribution in [0, 0.1) is 0 Å². The van der Waals surface area contributed by atoms with Crippen LogP contribution in [0.15, 0.2) is 112 Å². The lowest BCUT2D eigenvalue weighted by molar-refractivity contribution is -0.130. The number of anilines is 1. The van der Waals surface area contributed by atoms with Crippen molar-refractivity contribution >= 4 is 39.1 Å². The fourth-order valence-electron chi connectivity index (χ4n) is 5.26. The fourth-order valence-corrected chi connectivity index (χ4v) is 5.53. The first-order valence-corrected chi connectivity index (χ1v) is 15.9. The third-order valence-electron chi connectivity index (χ3n) is 7.75. The molecule has 0 fully saturated rings. The number of amides is 1. The van der Waals surface area contributed by atoms with Gasteiger partial charge < -0.3 is 19.5 Å². The predicted octanol–water partition coefficient (Wildman–Crippen LogP) is 6.54. The van der Waals surface area contributed by atoms with E-state index in [9.17, 15) is 10.3 Å². The number of azide groups is 1. The molecule has 0 bridgehead atoms. The second kappa shape index (κ2) is 15.6. The Hall–Kier alpha value is -4.87. The molecule has 242 valence electrons. The normalized spacial score (nSPS) is 16.9. The van der Waals surface area contributed by atoms with E-state index in [0.29, 0.717) is 42.1 Å². The number of benzene rings is 4. The van der Waals surface area contributed by atoms with Gasteiger partial charge in [-0.15, -0.1) is 0 Å². The SMILES string of the molecule is CN(C)c1ccc(CNNC(=O)[C@@]2(Cc3ccccc3N=[N+]=[N-])N=C(c3ccc(OCCCO)cc3)O[C@H]2c2ccc(Br)cc2)cc1. The van der Waals surface area contributed by atoms with Crippen LogP contribution in [-0.4, -0.2) is 49.8 Å². The van der Waals surface area contributed by atoms with Gasteiger partial charge in [0.05, 0.1) is 6.61 Å². The minimum absolute atomic E-state index is 0.0463. The summed E-state index contributed by atoms with van der Waals surface area (Å²) in [7, 11) is 3.96. The van der Waals surface area contributed by atoms with Gasteiger partial charge in [-0.2, -0.15) is 0 Å². The summed E-state index contributed by atoms with van der Waals surface area (Å²) in [6, 6.07) is 30.0. The summed E-state index contributed by atoms with van der Waals surface area (Å²) >= 11 is 3.50. The fraction of sp³-hybridized carbons (Fsp3) is 0.257. The number of hydrogen-bond acceptors (Lipinski definition) is 8. The van der Waals surface area contributed by atoms with E-state index < -0.39 is 17.6 Å². The molecule has 0 aromatic heterocycles. The number of aliphatic hydroxyl groups is 1. The Labute approximate surface area is 282 Å². The van der Waals surface area contributed by atoms with Gasteiger partial charge in [-0.3, -0.25) is 10.2 Å². The Morgan fingerprint density at radius 2 is 1.79 bits per heavy atom. The molecule has 1 amide bonds. The zero-order chi connectivity index (χ0) is 33.2. The monoisotopic (exact) mass is 697 g/mol. The molecular weight excluding hydrogens is 662 g/mol. The van der Waals surface area contributed by atoms with Crippen LogP contribution in [0.25, 0.3) is 10.4 Å². The maximum atomic E-state index is 14.5. The molecular formula is C35H36BrN7O4. The molecule has 47 heavy (non-hydrogen) atoms. The van der Waals surface area contributed by atoms with Gasteiger partial charge >= 0.3 is 0 Å². The minimum Gasteiger partial charge on any atom is -0.494 e. The third-order valence-corrected chi connectivity index (χ3v) is 8.28. The van der Waals surface area contributed by atoms with E-state index in [1.54, 1.807) is 24.3 Å².